The Morgan fingerprint density at radius 1 is 0.525 bits per heavy atom. The molecule has 0 amide bonds. The largest absolute Gasteiger partial charge is 1.00 e. The molecule has 40 heavy (non-hydrogen) atoms. The van der Waals surface area contributed by atoms with Gasteiger partial charge in [0.2, 0.25) is 0 Å². The van der Waals surface area contributed by atoms with Crippen LogP contribution < -0.4 is 12.4 Å². The fraction of sp³-hybridized carbons (Fsp3) is 0.941. The molecule has 0 aromatic rings. The van der Waals surface area contributed by atoms with Crippen LogP contribution in [-0.2, 0) is 19.1 Å². The molecular formula is C34H68ClNO4. The summed E-state index contributed by atoms with van der Waals surface area (Å²) in [7, 11) is 6.20. The number of carbonyl (C=O) groups excluding carboxylic acids is 2. The predicted molar refractivity (Wildman–Crippen MR) is 166 cm³/mol. The first-order valence-electron chi connectivity index (χ1n) is 16.9. The molecule has 0 radical (unpaired) electrons. The zero-order chi connectivity index (χ0) is 29.0. The maximum atomic E-state index is 12.5. The lowest BCUT2D eigenvalue weighted by molar-refractivity contribution is -0.873. The maximum absolute atomic E-state index is 12.5. The number of rotatable bonds is 29. The molecule has 0 aromatic carbocycles. The SMILES string of the molecule is CCCCCCCCCCCCCC(=O)OC[C@H](C[N+](C)(C)C)OC(=O)CCCCCCCCCCCCC.[Cl-]. The molecule has 0 N–H and O–H groups in total. The van der Waals surface area contributed by atoms with Crippen molar-refractivity contribution in [1.82, 2.24) is 0 Å². The Balaban J connectivity index is 0. The first kappa shape index (κ1) is 41.3. The maximum Gasteiger partial charge on any atom is 0.306 e. The lowest BCUT2D eigenvalue weighted by Gasteiger charge is -2.28. The van der Waals surface area contributed by atoms with Crippen molar-refractivity contribution >= 4 is 11.9 Å². The van der Waals surface area contributed by atoms with E-state index in [-0.39, 0.29) is 37.1 Å². The van der Waals surface area contributed by atoms with Crippen LogP contribution in [0.15, 0.2) is 0 Å². The van der Waals surface area contributed by atoms with Crippen molar-refractivity contribution in [2.45, 2.75) is 174 Å². The molecule has 0 fully saturated rings. The minimum absolute atomic E-state index is 0. The number of carbonyl (C=O) groups is 2. The second-order valence-corrected chi connectivity index (χ2v) is 12.8. The highest BCUT2D eigenvalue weighted by atomic mass is 35.5. The van der Waals surface area contributed by atoms with E-state index in [1.54, 1.807) is 0 Å². The topological polar surface area (TPSA) is 52.6 Å². The highest BCUT2D eigenvalue weighted by Gasteiger charge is 2.23. The molecule has 0 spiro atoms. The summed E-state index contributed by atoms with van der Waals surface area (Å²) in [6, 6.07) is 0. The van der Waals surface area contributed by atoms with Gasteiger partial charge in [-0.2, -0.15) is 0 Å². The lowest BCUT2D eigenvalue weighted by atomic mass is 10.1. The Morgan fingerprint density at radius 2 is 0.850 bits per heavy atom. The van der Waals surface area contributed by atoms with E-state index in [1.807, 2.05) is 0 Å². The molecule has 0 saturated carbocycles. The van der Waals surface area contributed by atoms with Crippen LogP contribution in [-0.4, -0.2) is 56.8 Å². The normalized spacial score (nSPS) is 12.1. The molecule has 5 nitrogen and oxygen atoms in total. The van der Waals surface area contributed by atoms with Gasteiger partial charge >= 0.3 is 11.9 Å². The van der Waals surface area contributed by atoms with Gasteiger partial charge in [0.15, 0.2) is 6.10 Å². The summed E-state index contributed by atoms with van der Waals surface area (Å²) >= 11 is 0. The highest BCUT2D eigenvalue weighted by Crippen LogP contribution is 2.14. The van der Waals surface area contributed by atoms with E-state index in [0.29, 0.717) is 23.9 Å². The average molecular weight is 590 g/mol. The lowest BCUT2D eigenvalue weighted by Crippen LogP contribution is -3.00. The quantitative estimate of drug-likeness (QED) is 0.0563. The van der Waals surface area contributed by atoms with Gasteiger partial charge in [0, 0.05) is 12.8 Å². The van der Waals surface area contributed by atoms with Crippen LogP contribution in [0.5, 0.6) is 0 Å². The van der Waals surface area contributed by atoms with Crippen LogP contribution >= 0.6 is 0 Å². The summed E-state index contributed by atoms with van der Waals surface area (Å²) in [6.07, 6.45) is 28.3. The van der Waals surface area contributed by atoms with Crippen molar-refractivity contribution in [3.63, 3.8) is 0 Å². The van der Waals surface area contributed by atoms with Crippen molar-refractivity contribution in [3.05, 3.63) is 0 Å². The minimum Gasteiger partial charge on any atom is -1.00 e. The molecule has 0 aliphatic rings. The second-order valence-electron chi connectivity index (χ2n) is 12.8. The van der Waals surface area contributed by atoms with E-state index < -0.39 is 0 Å². The molecule has 6 heteroatoms. The van der Waals surface area contributed by atoms with Gasteiger partial charge in [-0.15, -0.1) is 0 Å². The van der Waals surface area contributed by atoms with Crippen LogP contribution in [0.2, 0.25) is 0 Å². The third-order valence-electron chi connectivity index (χ3n) is 7.45. The van der Waals surface area contributed by atoms with E-state index in [2.05, 4.69) is 35.0 Å². The minimum atomic E-state index is -0.383. The number of nitrogens with zero attached hydrogens (tertiary/aromatic N) is 1. The zero-order valence-electron chi connectivity index (χ0n) is 27.4. The van der Waals surface area contributed by atoms with E-state index in [4.69, 9.17) is 9.47 Å². The summed E-state index contributed by atoms with van der Waals surface area (Å²) in [5.74, 6) is -0.329. The summed E-state index contributed by atoms with van der Waals surface area (Å²) in [5, 5.41) is 0. The van der Waals surface area contributed by atoms with Gasteiger partial charge in [0.25, 0.3) is 0 Å². The molecule has 0 bridgehead atoms. The second kappa shape index (κ2) is 29.7. The molecule has 0 unspecified atom stereocenters. The Kier molecular flexibility index (Phi) is 30.7. The standard InChI is InChI=1S/C34H68NO4.ClH/c1-6-8-10-12-14-16-18-20-22-24-26-28-33(36)38-31-32(30-35(3,4)5)39-34(37)29-27-25-23-21-19-17-15-13-11-9-7-2;/h32H,6-31H2,1-5H3;1H/q+1;/p-1/t32-;/m0./s1. The molecular weight excluding hydrogens is 522 g/mol. The predicted octanol–water partition coefficient (Wildman–Crippen LogP) is 6.55. The van der Waals surface area contributed by atoms with Crippen molar-refractivity contribution in [2.24, 2.45) is 0 Å². The van der Waals surface area contributed by atoms with Gasteiger partial charge in [0.05, 0.1) is 21.1 Å². The molecule has 0 rings (SSSR count). The Morgan fingerprint density at radius 3 is 1.20 bits per heavy atom. The van der Waals surface area contributed by atoms with Crippen molar-refractivity contribution in [3.8, 4) is 0 Å². The first-order chi connectivity index (χ1) is 18.8. The average Bonchev–Trinajstić information content (AvgIpc) is 2.88. The van der Waals surface area contributed by atoms with Gasteiger partial charge in [-0.1, -0.05) is 142 Å². The summed E-state index contributed by atoms with van der Waals surface area (Å²) in [4.78, 5) is 24.7. The van der Waals surface area contributed by atoms with E-state index >= 15 is 0 Å². The Hall–Kier alpha value is -0.810. The number of likely N-dealkylation sites (N-methyl/N-ethyl adjacent to an activating group) is 1. The zero-order valence-corrected chi connectivity index (χ0v) is 28.2. The molecule has 0 aliphatic carbocycles. The van der Waals surface area contributed by atoms with E-state index in [9.17, 15) is 9.59 Å². The molecule has 0 aromatic heterocycles. The Labute approximate surface area is 255 Å². The van der Waals surface area contributed by atoms with Gasteiger partial charge in [0.1, 0.15) is 13.2 Å². The van der Waals surface area contributed by atoms with Gasteiger partial charge in [-0.3, -0.25) is 9.59 Å². The Bertz CT molecular complexity index is 565. The summed E-state index contributed by atoms with van der Waals surface area (Å²) in [6.45, 7) is 5.32. The summed E-state index contributed by atoms with van der Waals surface area (Å²) in [5.41, 5.74) is 0. The highest BCUT2D eigenvalue weighted by molar-refractivity contribution is 5.70. The smallest absolute Gasteiger partial charge is 0.306 e. The van der Waals surface area contributed by atoms with Crippen LogP contribution in [0, 0.1) is 0 Å². The third kappa shape index (κ3) is 31.7. The first-order valence-corrected chi connectivity index (χ1v) is 16.9. The fourth-order valence-corrected chi connectivity index (χ4v) is 5.10. The number of ether oxygens (including phenoxy) is 2. The van der Waals surface area contributed by atoms with Gasteiger partial charge < -0.3 is 26.4 Å². The van der Waals surface area contributed by atoms with Gasteiger partial charge in [-0.25, -0.2) is 0 Å². The number of quaternary nitrogens is 1. The molecule has 0 saturated heterocycles. The monoisotopic (exact) mass is 589 g/mol. The molecule has 0 heterocycles. The number of esters is 2. The van der Waals surface area contributed by atoms with E-state index in [0.717, 1.165) is 25.7 Å². The number of hydrogen-bond donors (Lipinski definition) is 0. The molecule has 240 valence electrons. The number of unbranched alkanes of at least 4 members (excludes halogenated alkanes) is 20. The number of hydrogen-bond acceptors (Lipinski definition) is 4. The number of halogens is 1. The molecule has 0 aliphatic heterocycles. The third-order valence-corrected chi connectivity index (χ3v) is 7.45. The van der Waals surface area contributed by atoms with Crippen molar-refractivity contribution in [1.29, 1.82) is 0 Å². The van der Waals surface area contributed by atoms with Crippen LogP contribution in [0.1, 0.15) is 168 Å². The van der Waals surface area contributed by atoms with Crippen LogP contribution in [0.3, 0.4) is 0 Å². The van der Waals surface area contributed by atoms with Gasteiger partial charge in [-0.05, 0) is 12.8 Å². The van der Waals surface area contributed by atoms with E-state index in [1.165, 1.54) is 116 Å². The summed E-state index contributed by atoms with van der Waals surface area (Å²) < 4.78 is 11.9. The fourth-order valence-electron chi connectivity index (χ4n) is 5.10. The van der Waals surface area contributed by atoms with Crippen molar-refractivity contribution in [2.75, 3.05) is 34.3 Å². The van der Waals surface area contributed by atoms with Crippen molar-refractivity contribution < 1.29 is 36.0 Å². The molecule has 1 atom stereocenters. The van der Waals surface area contributed by atoms with Crippen LogP contribution in [0.4, 0.5) is 0 Å². The van der Waals surface area contributed by atoms with Crippen LogP contribution in [0.25, 0.3) is 0 Å².